The van der Waals surface area contributed by atoms with Gasteiger partial charge < -0.3 is 5.73 Å². The van der Waals surface area contributed by atoms with E-state index in [0.717, 1.165) is 12.1 Å². The Morgan fingerprint density at radius 1 is 1.32 bits per heavy atom. The molecule has 0 aliphatic carbocycles. The minimum absolute atomic E-state index is 0.153. The van der Waals surface area contributed by atoms with Gasteiger partial charge in [0.25, 0.3) is 5.91 Å². The van der Waals surface area contributed by atoms with Crippen molar-refractivity contribution in [2.45, 2.75) is 6.18 Å². The Morgan fingerprint density at radius 2 is 2.00 bits per heavy atom. The summed E-state index contributed by atoms with van der Waals surface area (Å²) in [4.78, 5) is 11.0. The molecule has 0 atom stereocenters. The lowest BCUT2D eigenvalue weighted by Crippen LogP contribution is -2.20. The molecule has 8 heteroatoms. The van der Waals surface area contributed by atoms with Gasteiger partial charge >= 0.3 is 6.18 Å². The number of primary amides is 1. The number of benzene rings is 1. The lowest BCUT2D eigenvalue weighted by Gasteiger charge is -2.11. The lowest BCUT2D eigenvalue weighted by molar-refractivity contribution is -0.143. The molecule has 2 rings (SSSR count). The third-order valence-corrected chi connectivity index (χ3v) is 2.36. The van der Waals surface area contributed by atoms with E-state index in [1.54, 1.807) is 0 Å². The van der Waals surface area contributed by atoms with Gasteiger partial charge in [0, 0.05) is 0 Å². The number of rotatable bonds is 2. The highest BCUT2D eigenvalue weighted by atomic mass is 19.4. The van der Waals surface area contributed by atoms with Crippen LogP contribution >= 0.6 is 0 Å². The molecular formula is C11H7F4N3O. The second kappa shape index (κ2) is 4.38. The van der Waals surface area contributed by atoms with Crippen LogP contribution in [0.4, 0.5) is 17.6 Å². The zero-order chi connectivity index (χ0) is 14.2. The summed E-state index contributed by atoms with van der Waals surface area (Å²) >= 11 is 0. The zero-order valence-corrected chi connectivity index (χ0v) is 9.28. The van der Waals surface area contributed by atoms with Gasteiger partial charge in [0.15, 0.2) is 5.69 Å². The van der Waals surface area contributed by atoms with Crippen molar-refractivity contribution in [3.05, 3.63) is 47.5 Å². The van der Waals surface area contributed by atoms with Gasteiger partial charge in [-0.05, 0) is 18.2 Å². The zero-order valence-electron chi connectivity index (χ0n) is 9.28. The third kappa shape index (κ3) is 2.42. The van der Waals surface area contributed by atoms with Gasteiger partial charge in [-0.3, -0.25) is 4.79 Å². The quantitative estimate of drug-likeness (QED) is 0.852. The first kappa shape index (κ1) is 13.1. The highest BCUT2D eigenvalue weighted by Gasteiger charge is 2.40. The maximum atomic E-state index is 13.0. The second-order valence-electron chi connectivity index (χ2n) is 3.66. The highest BCUT2D eigenvalue weighted by molar-refractivity contribution is 5.94. The van der Waals surface area contributed by atoms with Gasteiger partial charge in [-0.15, -0.1) is 0 Å². The molecule has 4 nitrogen and oxygen atoms in total. The fraction of sp³-hybridized carbons (Fsp3) is 0.0909. The molecule has 0 radical (unpaired) electrons. The van der Waals surface area contributed by atoms with Crippen LogP contribution in [-0.4, -0.2) is 15.7 Å². The maximum absolute atomic E-state index is 13.0. The van der Waals surface area contributed by atoms with Crippen molar-refractivity contribution >= 4 is 5.91 Å². The molecule has 1 aromatic heterocycles. The van der Waals surface area contributed by atoms with E-state index in [4.69, 9.17) is 5.73 Å². The fourth-order valence-corrected chi connectivity index (χ4v) is 1.61. The SMILES string of the molecule is NC(=O)c1cnn(-c2cccc(F)c2)c1C(F)(F)F. The normalized spacial score (nSPS) is 11.6. The van der Waals surface area contributed by atoms with E-state index in [1.807, 2.05) is 0 Å². The van der Waals surface area contributed by atoms with Crippen LogP contribution in [0.15, 0.2) is 30.5 Å². The van der Waals surface area contributed by atoms with Crippen LogP contribution in [0.2, 0.25) is 0 Å². The average Bonchev–Trinajstić information content (AvgIpc) is 2.73. The van der Waals surface area contributed by atoms with Crippen LogP contribution < -0.4 is 5.73 Å². The van der Waals surface area contributed by atoms with Crippen LogP contribution in [0, 0.1) is 5.82 Å². The van der Waals surface area contributed by atoms with Crippen molar-refractivity contribution in [1.82, 2.24) is 9.78 Å². The molecule has 0 saturated heterocycles. The summed E-state index contributed by atoms with van der Waals surface area (Å²) in [6.07, 6.45) is -4.14. The third-order valence-electron chi connectivity index (χ3n) is 2.36. The first-order valence-electron chi connectivity index (χ1n) is 5.01. The monoisotopic (exact) mass is 273 g/mol. The van der Waals surface area contributed by atoms with Crippen molar-refractivity contribution in [3.63, 3.8) is 0 Å². The van der Waals surface area contributed by atoms with Gasteiger partial charge in [0.1, 0.15) is 5.82 Å². The van der Waals surface area contributed by atoms with E-state index in [0.29, 0.717) is 10.9 Å². The number of nitrogens with zero attached hydrogens (tertiary/aromatic N) is 2. The van der Waals surface area contributed by atoms with E-state index >= 15 is 0 Å². The van der Waals surface area contributed by atoms with E-state index < -0.39 is 29.2 Å². The molecule has 0 unspecified atom stereocenters. The van der Waals surface area contributed by atoms with E-state index in [2.05, 4.69) is 5.10 Å². The molecule has 1 amide bonds. The number of alkyl halides is 3. The van der Waals surface area contributed by atoms with Crippen molar-refractivity contribution in [1.29, 1.82) is 0 Å². The van der Waals surface area contributed by atoms with Crippen LogP contribution in [0.1, 0.15) is 16.1 Å². The number of aromatic nitrogens is 2. The summed E-state index contributed by atoms with van der Waals surface area (Å²) in [5, 5.41) is 3.44. The second-order valence-corrected chi connectivity index (χ2v) is 3.66. The Hall–Kier alpha value is -2.38. The van der Waals surface area contributed by atoms with Crippen LogP contribution in [0.3, 0.4) is 0 Å². The van der Waals surface area contributed by atoms with Gasteiger partial charge in [-0.2, -0.15) is 18.3 Å². The van der Waals surface area contributed by atoms with Crippen LogP contribution in [0.5, 0.6) is 0 Å². The smallest absolute Gasteiger partial charge is 0.365 e. The molecule has 2 N–H and O–H groups in total. The highest BCUT2D eigenvalue weighted by Crippen LogP contribution is 2.33. The summed E-state index contributed by atoms with van der Waals surface area (Å²) < 4.78 is 52.2. The molecular weight excluding hydrogens is 266 g/mol. The Labute approximate surface area is 104 Å². The molecule has 0 spiro atoms. The number of amides is 1. The minimum atomic E-state index is -4.84. The van der Waals surface area contributed by atoms with Gasteiger partial charge in [-0.25, -0.2) is 9.07 Å². The van der Waals surface area contributed by atoms with Gasteiger partial charge in [0.05, 0.1) is 17.4 Å². The molecule has 1 aromatic carbocycles. The molecule has 1 heterocycles. The number of nitrogens with two attached hydrogens (primary N) is 1. The topological polar surface area (TPSA) is 60.9 Å². The Balaban J connectivity index is 2.68. The summed E-state index contributed by atoms with van der Waals surface area (Å²) in [6, 6.07) is 4.41. The molecule has 19 heavy (non-hydrogen) atoms. The van der Waals surface area contributed by atoms with Crippen molar-refractivity contribution < 1.29 is 22.4 Å². The average molecular weight is 273 g/mol. The fourth-order valence-electron chi connectivity index (χ4n) is 1.61. The van der Waals surface area contributed by atoms with Crippen LogP contribution in [-0.2, 0) is 6.18 Å². The van der Waals surface area contributed by atoms with E-state index in [9.17, 15) is 22.4 Å². The van der Waals surface area contributed by atoms with Crippen molar-refractivity contribution in [3.8, 4) is 5.69 Å². The summed E-state index contributed by atoms with van der Waals surface area (Å²) in [7, 11) is 0. The number of halogens is 4. The summed E-state index contributed by atoms with van der Waals surface area (Å²) in [5.41, 5.74) is 2.62. The number of hydrogen-bond donors (Lipinski definition) is 1. The number of carbonyl (C=O) groups is 1. The molecule has 2 aromatic rings. The molecule has 0 fully saturated rings. The molecule has 0 aliphatic rings. The Kier molecular flexibility index (Phi) is 3.01. The first-order valence-corrected chi connectivity index (χ1v) is 5.01. The standard InChI is InChI=1S/C11H7F4N3O/c12-6-2-1-3-7(4-6)18-9(11(13,14)15)8(5-17-18)10(16)19/h1-5H,(H2,16,19). The summed E-state index contributed by atoms with van der Waals surface area (Å²) in [6.45, 7) is 0. The molecule has 0 saturated carbocycles. The minimum Gasteiger partial charge on any atom is -0.365 e. The van der Waals surface area contributed by atoms with Crippen molar-refractivity contribution in [2.75, 3.05) is 0 Å². The molecule has 0 bridgehead atoms. The summed E-state index contributed by atoms with van der Waals surface area (Å²) in [5.74, 6) is -1.98. The Morgan fingerprint density at radius 3 is 2.53 bits per heavy atom. The van der Waals surface area contributed by atoms with E-state index in [-0.39, 0.29) is 5.69 Å². The van der Waals surface area contributed by atoms with Crippen LogP contribution in [0.25, 0.3) is 5.69 Å². The van der Waals surface area contributed by atoms with Gasteiger partial charge in [0.2, 0.25) is 0 Å². The number of hydrogen-bond acceptors (Lipinski definition) is 2. The largest absolute Gasteiger partial charge is 0.434 e. The predicted octanol–water partition coefficient (Wildman–Crippen LogP) is 2.13. The lowest BCUT2D eigenvalue weighted by atomic mass is 10.2. The van der Waals surface area contributed by atoms with Gasteiger partial charge in [-0.1, -0.05) is 6.07 Å². The maximum Gasteiger partial charge on any atom is 0.434 e. The first-order chi connectivity index (χ1) is 8.80. The number of carbonyl (C=O) groups excluding carboxylic acids is 1. The van der Waals surface area contributed by atoms with E-state index in [1.165, 1.54) is 12.1 Å². The Bertz CT molecular complexity index is 633. The van der Waals surface area contributed by atoms with Crippen molar-refractivity contribution in [2.24, 2.45) is 5.73 Å². The molecule has 100 valence electrons. The molecule has 0 aliphatic heterocycles. The predicted molar refractivity (Wildman–Crippen MR) is 57.0 cm³/mol.